The van der Waals surface area contributed by atoms with Gasteiger partial charge < -0.3 is 15.2 Å². The van der Waals surface area contributed by atoms with Crippen molar-refractivity contribution in [1.82, 2.24) is 5.32 Å². The Balaban J connectivity index is 1.76. The van der Waals surface area contributed by atoms with E-state index in [1.54, 1.807) is 0 Å². The van der Waals surface area contributed by atoms with Crippen molar-refractivity contribution >= 4 is 5.91 Å². The van der Waals surface area contributed by atoms with Crippen molar-refractivity contribution in [2.45, 2.75) is 44.2 Å². The van der Waals surface area contributed by atoms with Crippen LogP contribution in [0.25, 0.3) is 0 Å². The first-order chi connectivity index (χ1) is 9.08. The number of aliphatic hydroxyl groups is 1. The molecule has 1 amide bonds. The van der Waals surface area contributed by atoms with E-state index in [-0.39, 0.29) is 11.9 Å². The lowest BCUT2D eigenvalue weighted by molar-refractivity contribution is -0.140. The van der Waals surface area contributed by atoms with E-state index >= 15 is 0 Å². The lowest BCUT2D eigenvalue weighted by Crippen LogP contribution is -2.46. The summed E-state index contributed by atoms with van der Waals surface area (Å²) < 4.78 is 5.57. The summed E-state index contributed by atoms with van der Waals surface area (Å²) in [6.45, 7) is 2.46. The Morgan fingerprint density at radius 2 is 2.16 bits per heavy atom. The number of fused-ring (bicyclic) bond motifs is 1. The van der Waals surface area contributed by atoms with Crippen LogP contribution < -0.4 is 10.1 Å². The van der Waals surface area contributed by atoms with Crippen molar-refractivity contribution in [1.29, 1.82) is 0 Å². The van der Waals surface area contributed by atoms with Gasteiger partial charge in [0.25, 0.3) is 5.91 Å². The maximum atomic E-state index is 12.2. The fourth-order valence-electron chi connectivity index (χ4n) is 2.93. The Labute approximate surface area is 112 Å². The standard InChI is InChI=1S/C15H19NO3/c1-10-4-5-13-11(8-10)12(9-19-13)16-14(17)15(18)6-2-3-7-15/h4-5,8,12,18H,2-3,6-7,9H2,1H3,(H,16,17). The summed E-state index contributed by atoms with van der Waals surface area (Å²) in [5.74, 6) is 0.572. The molecule has 2 N–H and O–H groups in total. The van der Waals surface area contributed by atoms with Gasteiger partial charge in [-0.2, -0.15) is 0 Å². The molecule has 4 heteroatoms. The number of benzene rings is 1. The molecule has 1 unspecified atom stereocenters. The molecular formula is C15H19NO3. The SMILES string of the molecule is Cc1ccc2c(c1)C(NC(=O)C1(O)CCCC1)CO2. The minimum atomic E-state index is -1.17. The van der Waals surface area contributed by atoms with Gasteiger partial charge in [0.15, 0.2) is 0 Å². The number of aryl methyl sites for hydroxylation is 1. The quantitative estimate of drug-likeness (QED) is 0.854. The molecule has 1 aromatic carbocycles. The van der Waals surface area contributed by atoms with E-state index in [2.05, 4.69) is 5.32 Å². The van der Waals surface area contributed by atoms with Gasteiger partial charge in [0.1, 0.15) is 18.0 Å². The Hall–Kier alpha value is -1.55. The summed E-state index contributed by atoms with van der Waals surface area (Å²) in [7, 11) is 0. The molecule has 1 aliphatic heterocycles. The zero-order valence-corrected chi connectivity index (χ0v) is 11.1. The number of ether oxygens (including phenoxy) is 1. The molecule has 0 saturated heterocycles. The van der Waals surface area contributed by atoms with Crippen molar-refractivity contribution in [3.05, 3.63) is 29.3 Å². The van der Waals surface area contributed by atoms with Gasteiger partial charge in [-0.05, 0) is 38.7 Å². The molecule has 19 heavy (non-hydrogen) atoms. The number of hydrogen-bond donors (Lipinski definition) is 2. The van der Waals surface area contributed by atoms with E-state index < -0.39 is 5.60 Å². The first kappa shape index (κ1) is 12.5. The van der Waals surface area contributed by atoms with Gasteiger partial charge >= 0.3 is 0 Å². The second kappa shape index (κ2) is 4.53. The third kappa shape index (κ3) is 2.21. The first-order valence-corrected chi connectivity index (χ1v) is 6.85. The highest BCUT2D eigenvalue weighted by Crippen LogP contribution is 2.35. The molecular weight excluding hydrogens is 242 g/mol. The Morgan fingerprint density at radius 3 is 2.89 bits per heavy atom. The van der Waals surface area contributed by atoms with Crippen LogP contribution >= 0.6 is 0 Å². The van der Waals surface area contributed by atoms with Crippen LogP contribution in [0.15, 0.2) is 18.2 Å². The third-order valence-electron chi connectivity index (χ3n) is 4.10. The largest absolute Gasteiger partial charge is 0.491 e. The molecule has 0 aromatic heterocycles. The Bertz CT molecular complexity index is 506. The van der Waals surface area contributed by atoms with Crippen LogP contribution in [-0.2, 0) is 4.79 Å². The molecule has 3 rings (SSSR count). The van der Waals surface area contributed by atoms with Crippen LogP contribution in [0.4, 0.5) is 0 Å². The highest BCUT2D eigenvalue weighted by molar-refractivity contribution is 5.85. The maximum absolute atomic E-state index is 12.2. The van der Waals surface area contributed by atoms with E-state index in [1.165, 1.54) is 0 Å². The van der Waals surface area contributed by atoms with Crippen molar-refractivity contribution in [3.63, 3.8) is 0 Å². The van der Waals surface area contributed by atoms with Crippen LogP contribution in [0.5, 0.6) is 5.75 Å². The fourth-order valence-corrected chi connectivity index (χ4v) is 2.93. The molecule has 1 aromatic rings. The molecule has 1 heterocycles. The number of carbonyl (C=O) groups is 1. The number of nitrogens with one attached hydrogen (secondary N) is 1. The predicted molar refractivity (Wildman–Crippen MR) is 71.0 cm³/mol. The zero-order chi connectivity index (χ0) is 13.5. The number of carbonyl (C=O) groups excluding carboxylic acids is 1. The predicted octanol–water partition coefficient (Wildman–Crippen LogP) is 1.85. The average Bonchev–Trinajstić information content (AvgIpc) is 2.98. The van der Waals surface area contributed by atoms with Crippen molar-refractivity contribution in [3.8, 4) is 5.75 Å². The molecule has 1 fully saturated rings. The lowest BCUT2D eigenvalue weighted by Gasteiger charge is -2.23. The minimum absolute atomic E-state index is 0.146. The smallest absolute Gasteiger partial charge is 0.252 e. The number of amides is 1. The molecule has 102 valence electrons. The highest BCUT2D eigenvalue weighted by Gasteiger charge is 2.40. The zero-order valence-electron chi connectivity index (χ0n) is 11.1. The van der Waals surface area contributed by atoms with E-state index in [9.17, 15) is 9.90 Å². The van der Waals surface area contributed by atoms with E-state index in [0.29, 0.717) is 19.4 Å². The van der Waals surface area contributed by atoms with E-state index in [0.717, 1.165) is 29.7 Å². The number of rotatable bonds is 2. The van der Waals surface area contributed by atoms with Crippen molar-refractivity contribution in [2.75, 3.05) is 6.61 Å². The van der Waals surface area contributed by atoms with Crippen LogP contribution in [0.2, 0.25) is 0 Å². The molecule has 1 saturated carbocycles. The summed E-state index contributed by atoms with van der Waals surface area (Å²) in [6, 6.07) is 5.81. The van der Waals surface area contributed by atoms with E-state index in [1.807, 2.05) is 25.1 Å². The highest BCUT2D eigenvalue weighted by atomic mass is 16.5. The summed E-state index contributed by atoms with van der Waals surface area (Å²) in [4.78, 5) is 12.2. The van der Waals surface area contributed by atoms with Gasteiger partial charge in [-0.3, -0.25) is 4.79 Å². The minimum Gasteiger partial charge on any atom is -0.491 e. The third-order valence-corrected chi connectivity index (χ3v) is 4.10. The fraction of sp³-hybridized carbons (Fsp3) is 0.533. The maximum Gasteiger partial charge on any atom is 0.252 e. The topological polar surface area (TPSA) is 58.6 Å². The molecule has 1 aliphatic carbocycles. The molecule has 4 nitrogen and oxygen atoms in total. The number of hydrogen-bond acceptors (Lipinski definition) is 3. The van der Waals surface area contributed by atoms with Gasteiger partial charge in [-0.1, -0.05) is 17.7 Å². The molecule has 0 bridgehead atoms. The van der Waals surface area contributed by atoms with Crippen LogP contribution in [0.3, 0.4) is 0 Å². The summed E-state index contributed by atoms with van der Waals surface area (Å²) in [5, 5.41) is 13.2. The van der Waals surface area contributed by atoms with Crippen LogP contribution in [0.1, 0.15) is 42.9 Å². The normalized spacial score (nSPS) is 23.8. The Morgan fingerprint density at radius 1 is 1.42 bits per heavy atom. The van der Waals surface area contributed by atoms with Gasteiger partial charge in [-0.15, -0.1) is 0 Å². The van der Waals surface area contributed by atoms with Gasteiger partial charge in [0.2, 0.25) is 0 Å². The van der Waals surface area contributed by atoms with Gasteiger partial charge in [-0.25, -0.2) is 0 Å². The lowest BCUT2D eigenvalue weighted by atomic mass is 9.99. The summed E-state index contributed by atoms with van der Waals surface area (Å²) >= 11 is 0. The van der Waals surface area contributed by atoms with Crippen LogP contribution in [0, 0.1) is 6.92 Å². The van der Waals surface area contributed by atoms with Crippen LogP contribution in [-0.4, -0.2) is 23.2 Å². The average molecular weight is 261 g/mol. The van der Waals surface area contributed by atoms with Crippen molar-refractivity contribution < 1.29 is 14.6 Å². The second-order valence-electron chi connectivity index (χ2n) is 5.62. The molecule has 1 atom stereocenters. The first-order valence-electron chi connectivity index (χ1n) is 6.85. The summed E-state index contributed by atoms with van der Waals surface area (Å²) in [5.41, 5.74) is 0.977. The monoisotopic (exact) mass is 261 g/mol. The molecule has 0 spiro atoms. The molecule has 0 radical (unpaired) electrons. The van der Waals surface area contributed by atoms with E-state index in [4.69, 9.17) is 4.74 Å². The molecule has 2 aliphatic rings. The van der Waals surface area contributed by atoms with Crippen molar-refractivity contribution in [2.24, 2.45) is 0 Å². The van der Waals surface area contributed by atoms with Gasteiger partial charge in [0, 0.05) is 5.56 Å². The Kier molecular flexibility index (Phi) is 2.97. The second-order valence-corrected chi connectivity index (χ2v) is 5.62. The van der Waals surface area contributed by atoms with Gasteiger partial charge in [0.05, 0.1) is 6.04 Å². The summed E-state index contributed by atoms with van der Waals surface area (Å²) in [6.07, 6.45) is 2.96.